The van der Waals surface area contributed by atoms with Crippen LogP contribution in [-0.2, 0) is 16.2 Å². The molecule has 0 spiro atoms. The minimum Gasteiger partial charge on any atom is -0.487 e. The van der Waals surface area contributed by atoms with Crippen LogP contribution in [-0.4, -0.2) is 34.8 Å². The van der Waals surface area contributed by atoms with Crippen molar-refractivity contribution in [3.63, 3.8) is 0 Å². The molecule has 2 fully saturated rings. The first-order valence-corrected chi connectivity index (χ1v) is 9.91. The zero-order valence-electron chi connectivity index (χ0n) is 15.8. The molecule has 146 valence electrons. The van der Waals surface area contributed by atoms with Crippen molar-refractivity contribution in [2.24, 2.45) is 11.8 Å². The summed E-state index contributed by atoms with van der Waals surface area (Å²) in [5.74, 6) is 0.916. The van der Waals surface area contributed by atoms with Gasteiger partial charge in [0.05, 0.1) is 11.6 Å². The molecule has 1 aliphatic carbocycles. The first-order chi connectivity index (χ1) is 13.7. The third-order valence-corrected chi connectivity index (χ3v) is 5.24. The Balaban J connectivity index is 1.33. The number of rotatable bonds is 6. The number of likely N-dealkylation sites (tertiary alicyclic amines) is 1. The van der Waals surface area contributed by atoms with Gasteiger partial charge in [-0.05, 0) is 49.9 Å². The molecular weight excluding hydrogens is 354 g/mol. The van der Waals surface area contributed by atoms with Gasteiger partial charge in [-0.2, -0.15) is 0 Å². The molecule has 1 unspecified atom stereocenters. The molecule has 2 aromatic rings. The van der Waals surface area contributed by atoms with E-state index in [1.807, 2.05) is 47.4 Å². The number of anilines is 1. The highest BCUT2D eigenvalue weighted by Gasteiger charge is 2.36. The van der Waals surface area contributed by atoms with E-state index in [4.69, 9.17) is 4.74 Å². The smallest absolute Gasteiger partial charge is 0.229 e. The summed E-state index contributed by atoms with van der Waals surface area (Å²) < 4.78 is 5.77. The predicted octanol–water partition coefficient (Wildman–Crippen LogP) is 3.25. The van der Waals surface area contributed by atoms with Crippen molar-refractivity contribution < 1.29 is 14.3 Å². The van der Waals surface area contributed by atoms with Crippen molar-refractivity contribution in [1.82, 2.24) is 9.88 Å². The summed E-state index contributed by atoms with van der Waals surface area (Å²) in [4.78, 5) is 31.1. The summed E-state index contributed by atoms with van der Waals surface area (Å²) in [6.07, 6.45) is 5.42. The Morgan fingerprint density at radius 2 is 2.00 bits per heavy atom. The molecule has 2 aliphatic rings. The molecule has 1 aromatic heterocycles. The van der Waals surface area contributed by atoms with Gasteiger partial charge in [-0.1, -0.05) is 12.1 Å². The molecule has 4 rings (SSSR count). The maximum atomic E-state index is 12.7. The number of ether oxygens (including phenoxy) is 1. The first-order valence-electron chi connectivity index (χ1n) is 9.91. The van der Waals surface area contributed by atoms with E-state index >= 15 is 0 Å². The number of piperidine rings is 1. The largest absolute Gasteiger partial charge is 0.487 e. The van der Waals surface area contributed by atoms with Crippen LogP contribution in [0.2, 0.25) is 0 Å². The third kappa shape index (κ3) is 4.68. The molecule has 0 radical (unpaired) electrons. The van der Waals surface area contributed by atoms with Crippen molar-refractivity contribution in [2.75, 3.05) is 18.4 Å². The number of pyridine rings is 1. The van der Waals surface area contributed by atoms with E-state index < -0.39 is 0 Å². The van der Waals surface area contributed by atoms with Gasteiger partial charge in [-0.15, -0.1) is 0 Å². The second-order valence-corrected chi connectivity index (χ2v) is 7.52. The van der Waals surface area contributed by atoms with Crippen LogP contribution in [0.15, 0.2) is 48.7 Å². The minimum absolute atomic E-state index is 0.0322. The fourth-order valence-electron chi connectivity index (χ4n) is 3.53. The van der Waals surface area contributed by atoms with E-state index in [0.29, 0.717) is 24.6 Å². The summed E-state index contributed by atoms with van der Waals surface area (Å²) in [7, 11) is 0. The van der Waals surface area contributed by atoms with E-state index in [-0.39, 0.29) is 23.7 Å². The molecule has 1 aliphatic heterocycles. The molecule has 2 heterocycles. The van der Waals surface area contributed by atoms with Crippen LogP contribution in [0.3, 0.4) is 0 Å². The average Bonchev–Trinajstić information content (AvgIpc) is 3.58. The van der Waals surface area contributed by atoms with Gasteiger partial charge < -0.3 is 15.0 Å². The number of amides is 2. The van der Waals surface area contributed by atoms with E-state index in [1.165, 1.54) is 0 Å². The number of nitrogens with one attached hydrogen (secondary N) is 1. The second-order valence-electron chi connectivity index (χ2n) is 7.52. The van der Waals surface area contributed by atoms with Gasteiger partial charge in [0.1, 0.15) is 12.4 Å². The van der Waals surface area contributed by atoms with Gasteiger partial charge in [0.15, 0.2) is 0 Å². The molecule has 1 N–H and O–H groups in total. The van der Waals surface area contributed by atoms with Crippen LogP contribution in [0.5, 0.6) is 5.75 Å². The molecular formula is C22H25N3O3. The standard InChI is InChI=1S/C22H25N3O3/c26-21(17-5-4-12-25(14-17)22(27)16-9-10-16)24-18-7-3-8-20(13-18)28-15-19-6-1-2-11-23-19/h1-3,6-8,11,13,16-17H,4-5,9-10,12,14-15H2,(H,24,26). The van der Waals surface area contributed by atoms with Crippen LogP contribution >= 0.6 is 0 Å². The molecule has 2 amide bonds. The number of aromatic nitrogens is 1. The number of carbonyl (C=O) groups is 2. The van der Waals surface area contributed by atoms with E-state index in [2.05, 4.69) is 10.3 Å². The SMILES string of the molecule is O=C(Nc1cccc(OCc2ccccn2)c1)C1CCCN(C(=O)C2CC2)C1. The number of hydrogen-bond donors (Lipinski definition) is 1. The Morgan fingerprint density at radius 3 is 2.79 bits per heavy atom. The van der Waals surface area contributed by atoms with E-state index in [0.717, 1.165) is 37.9 Å². The highest BCUT2D eigenvalue weighted by molar-refractivity contribution is 5.93. The first kappa shape index (κ1) is 18.5. The number of benzene rings is 1. The lowest BCUT2D eigenvalue weighted by atomic mass is 9.96. The molecule has 1 saturated carbocycles. The van der Waals surface area contributed by atoms with Crippen molar-refractivity contribution in [2.45, 2.75) is 32.3 Å². The second kappa shape index (κ2) is 8.42. The van der Waals surface area contributed by atoms with Crippen LogP contribution in [0.25, 0.3) is 0 Å². The summed E-state index contributed by atoms with van der Waals surface area (Å²) in [6, 6.07) is 13.1. The Labute approximate surface area is 164 Å². The van der Waals surface area contributed by atoms with E-state index in [9.17, 15) is 9.59 Å². The Hall–Kier alpha value is -2.89. The molecule has 0 bridgehead atoms. The molecule has 1 saturated heterocycles. The van der Waals surface area contributed by atoms with Gasteiger partial charge in [-0.3, -0.25) is 14.6 Å². The molecule has 1 atom stereocenters. The van der Waals surface area contributed by atoms with Crippen molar-refractivity contribution in [3.8, 4) is 5.75 Å². The quantitative estimate of drug-likeness (QED) is 0.836. The van der Waals surface area contributed by atoms with Gasteiger partial charge >= 0.3 is 0 Å². The van der Waals surface area contributed by atoms with Crippen LogP contribution in [0.1, 0.15) is 31.4 Å². The van der Waals surface area contributed by atoms with Crippen molar-refractivity contribution in [3.05, 3.63) is 54.4 Å². The fourth-order valence-corrected chi connectivity index (χ4v) is 3.53. The summed E-state index contributed by atoms with van der Waals surface area (Å²) >= 11 is 0. The summed E-state index contributed by atoms with van der Waals surface area (Å²) in [6.45, 7) is 1.67. The highest BCUT2D eigenvalue weighted by Crippen LogP contribution is 2.32. The number of carbonyl (C=O) groups excluding carboxylic acids is 2. The van der Waals surface area contributed by atoms with Gasteiger partial charge in [0.25, 0.3) is 0 Å². The maximum absolute atomic E-state index is 12.7. The number of hydrogen-bond acceptors (Lipinski definition) is 4. The van der Waals surface area contributed by atoms with Crippen LogP contribution in [0, 0.1) is 11.8 Å². The zero-order chi connectivity index (χ0) is 19.3. The Morgan fingerprint density at radius 1 is 1.11 bits per heavy atom. The topological polar surface area (TPSA) is 71.5 Å². The zero-order valence-corrected chi connectivity index (χ0v) is 15.8. The maximum Gasteiger partial charge on any atom is 0.229 e. The average molecular weight is 379 g/mol. The van der Waals surface area contributed by atoms with E-state index in [1.54, 1.807) is 6.20 Å². The molecule has 28 heavy (non-hydrogen) atoms. The molecule has 6 nitrogen and oxygen atoms in total. The Kier molecular flexibility index (Phi) is 5.55. The van der Waals surface area contributed by atoms with Crippen LogP contribution in [0.4, 0.5) is 5.69 Å². The monoisotopic (exact) mass is 379 g/mol. The summed E-state index contributed by atoms with van der Waals surface area (Å²) in [5.41, 5.74) is 1.55. The minimum atomic E-state index is -0.158. The van der Waals surface area contributed by atoms with Crippen molar-refractivity contribution >= 4 is 17.5 Å². The fraction of sp³-hybridized carbons (Fsp3) is 0.409. The van der Waals surface area contributed by atoms with Gasteiger partial charge in [0, 0.05) is 37.0 Å². The lowest BCUT2D eigenvalue weighted by molar-refractivity contribution is -0.135. The normalized spacial score (nSPS) is 19.1. The summed E-state index contributed by atoms with van der Waals surface area (Å²) in [5, 5.41) is 2.98. The van der Waals surface area contributed by atoms with Crippen molar-refractivity contribution in [1.29, 1.82) is 0 Å². The third-order valence-electron chi connectivity index (χ3n) is 5.24. The molecule has 1 aromatic carbocycles. The predicted molar refractivity (Wildman–Crippen MR) is 106 cm³/mol. The highest BCUT2D eigenvalue weighted by atomic mass is 16.5. The lowest BCUT2D eigenvalue weighted by Gasteiger charge is -2.32. The van der Waals surface area contributed by atoms with Gasteiger partial charge in [0.2, 0.25) is 11.8 Å². The molecule has 6 heteroatoms. The van der Waals surface area contributed by atoms with Gasteiger partial charge in [-0.25, -0.2) is 0 Å². The van der Waals surface area contributed by atoms with Crippen LogP contribution < -0.4 is 10.1 Å². The lowest BCUT2D eigenvalue weighted by Crippen LogP contribution is -2.44. The number of nitrogens with zero attached hydrogens (tertiary/aromatic N) is 2. The Bertz CT molecular complexity index is 836.